The average molecular weight is 374 g/mol. The lowest BCUT2D eigenvalue weighted by Crippen LogP contribution is -2.28. The second-order valence-electron chi connectivity index (χ2n) is 7.33. The van der Waals surface area contributed by atoms with Gasteiger partial charge < -0.3 is 14.8 Å². The van der Waals surface area contributed by atoms with Crippen LogP contribution in [0.15, 0.2) is 60.7 Å². The van der Waals surface area contributed by atoms with Gasteiger partial charge in [-0.1, -0.05) is 36.4 Å². The second-order valence-corrected chi connectivity index (χ2v) is 7.33. The Hall–Kier alpha value is -3.34. The molecular weight excluding hydrogens is 352 g/mol. The molecule has 5 rings (SSSR count). The first-order valence-corrected chi connectivity index (χ1v) is 9.40. The molecule has 1 aliphatic carbocycles. The number of pyridine rings is 1. The highest BCUT2D eigenvalue weighted by Gasteiger charge is 2.51. The topological polar surface area (TPSA) is 60.5 Å². The predicted molar refractivity (Wildman–Crippen MR) is 109 cm³/mol. The fourth-order valence-electron chi connectivity index (χ4n) is 3.72. The number of amides is 1. The Morgan fingerprint density at radius 2 is 1.86 bits per heavy atom. The van der Waals surface area contributed by atoms with Gasteiger partial charge in [0.1, 0.15) is 5.82 Å². The van der Waals surface area contributed by atoms with E-state index in [0.717, 1.165) is 41.0 Å². The molecule has 0 atom stereocenters. The number of anilines is 1. The summed E-state index contributed by atoms with van der Waals surface area (Å²) < 4.78 is 10.8. The van der Waals surface area contributed by atoms with Crippen LogP contribution in [0, 0.1) is 6.92 Å². The number of ether oxygens (including phenoxy) is 2. The number of fused-ring (bicyclic) bond motifs is 1. The molecular formula is C23H22N2O3. The number of carbonyl (C=O) groups excluding carboxylic acids is 1. The molecule has 2 heterocycles. The molecule has 0 radical (unpaired) electrons. The monoisotopic (exact) mass is 374 g/mol. The summed E-state index contributed by atoms with van der Waals surface area (Å²) in [6, 6.07) is 19.6. The van der Waals surface area contributed by atoms with E-state index >= 15 is 0 Å². The van der Waals surface area contributed by atoms with Gasteiger partial charge in [0.15, 0.2) is 11.5 Å². The van der Waals surface area contributed by atoms with Crippen LogP contribution >= 0.6 is 0 Å². The zero-order valence-corrected chi connectivity index (χ0v) is 15.6. The summed E-state index contributed by atoms with van der Waals surface area (Å²) >= 11 is 0. The molecule has 0 unspecified atom stereocenters. The maximum absolute atomic E-state index is 13.1. The van der Waals surface area contributed by atoms with E-state index in [1.54, 1.807) is 0 Å². The molecule has 142 valence electrons. The maximum atomic E-state index is 13.1. The number of aromatic nitrogens is 1. The molecule has 3 aromatic rings. The minimum absolute atomic E-state index is 0. The number of hydrogen-bond acceptors (Lipinski definition) is 4. The molecule has 1 aromatic heterocycles. The Kier molecular flexibility index (Phi) is 3.83. The quantitative estimate of drug-likeness (QED) is 0.719. The van der Waals surface area contributed by atoms with Gasteiger partial charge in [0, 0.05) is 6.99 Å². The van der Waals surface area contributed by atoms with Gasteiger partial charge >= 0.3 is 0 Å². The van der Waals surface area contributed by atoms with Gasteiger partial charge in [0.05, 0.1) is 11.1 Å². The van der Waals surface area contributed by atoms with Crippen molar-refractivity contribution in [1.29, 1.82) is 0 Å². The molecule has 28 heavy (non-hydrogen) atoms. The third kappa shape index (κ3) is 2.80. The largest absolute Gasteiger partial charge is 0.454 e. The third-order valence-electron chi connectivity index (χ3n) is 5.52. The maximum Gasteiger partial charge on any atom is 0.236 e. The van der Waals surface area contributed by atoms with E-state index in [1.165, 1.54) is 0 Å². The zero-order chi connectivity index (χ0) is 19.1. The lowest BCUT2D eigenvalue weighted by Gasteiger charge is -2.16. The summed E-state index contributed by atoms with van der Waals surface area (Å²) in [6.07, 6.45) is 1.63. The normalized spacial score (nSPS) is 15.9. The van der Waals surface area contributed by atoms with Crippen LogP contribution in [0.2, 0.25) is 0 Å². The number of rotatable bonds is 4. The molecule has 5 heteroatoms. The molecule has 0 bridgehead atoms. The van der Waals surface area contributed by atoms with Crippen molar-refractivity contribution in [2.45, 2.75) is 25.2 Å². The van der Waals surface area contributed by atoms with Crippen molar-refractivity contribution in [2.24, 2.45) is 0 Å². The van der Waals surface area contributed by atoms with Crippen LogP contribution in [-0.2, 0) is 10.2 Å². The Morgan fingerprint density at radius 1 is 1.04 bits per heavy atom. The van der Waals surface area contributed by atoms with E-state index in [9.17, 15) is 4.79 Å². The van der Waals surface area contributed by atoms with Crippen LogP contribution < -0.4 is 14.8 Å². The smallest absolute Gasteiger partial charge is 0.236 e. The van der Waals surface area contributed by atoms with E-state index in [2.05, 4.69) is 23.3 Å². The standard InChI is InChI=1S/C23H20N2O3.H2/c1-15-5-2-3-6-17(15)18-7-4-8-21(24-18)25-22(26)23(11-12-23)16-9-10-19-20(13-16)28-14-27-19;/h2-10,13H,11-12,14H2,1H3,(H,24,25,26);1H. The van der Waals surface area contributed by atoms with Crippen molar-refractivity contribution < 1.29 is 15.7 Å². The van der Waals surface area contributed by atoms with Crippen molar-refractivity contribution in [3.8, 4) is 22.8 Å². The molecule has 1 fully saturated rings. The van der Waals surface area contributed by atoms with E-state index in [4.69, 9.17) is 9.47 Å². The molecule has 1 amide bonds. The van der Waals surface area contributed by atoms with Crippen molar-refractivity contribution in [3.63, 3.8) is 0 Å². The Balaban J connectivity index is 0.00000205. The molecule has 1 saturated carbocycles. The minimum Gasteiger partial charge on any atom is -0.454 e. The van der Waals surface area contributed by atoms with Gasteiger partial charge in [-0.2, -0.15) is 0 Å². The third-order valence-corrected chi connectivity index (χ3v) is 5.52. The highest BCUT2D eigenvalue weighted by molar-refractivity contribution is 6.01. The highest BCUT2D eigenvalue weighted by atomic mass is 16.7. The number of carbonyl (C=O) groups is 1. The summed E-state index contributed by atoms with van der Waals surface area (Å²) in [5, 5.41) is 3.02. The highest BCUT2D eigenvalue weighted by Crippen LogP contribution is 2.51. The van der Waals surface area contributed by atoms with Crippen LogP contribution in [0.4, 0.5) is 5.82 Å². The van der Waals surface area contributed by atoms with Crippen LogP contribution in [0.3, 0.4) is 0 Å². The SMILES string of the molecule is Cc1ccccc1-c1cccc(NC(=O)C2(c3ccc4c(c3)OCO4)CC2)n1.[HH]. The van der Waals surface area contributed by atoms with Gasteiger partial charge in [-0.05, 0) is 55.2 Å². The first-order chi connectivity index (χ1) is 13.7. The lowest BCUT2D eigenvalue weighted by molar-refractivity contribution is -0.118. The molecule has 1 N–H and O–H groups in total. The number of benzene rings is 2. The van der Waals surface area contributed by atoms with Crippen molar-refractivity contribution in [1.82, 2.24) is 4.98 Å². The molecule has 0 saturated heterocycles. The van der Waals surface area contributed by atoms with E-state index < -0.39 is 5.41 Å². The average Bonchev–Trinajstić information content (AvgIpc) is 3.40. The van der Waals surface area contributed by atoms with Crippen LogP contribution in [0.1, 0.15) is 25.4 Å². The van der Waals surface area contributed by atoms with Crippen molar-refractivity contribution in [2.75, 3.05) is 12.1 Å². The van der Waals surface area contributed by atoms with E-state index in [1.807, 2.05) is 54.6 Å². The molecule has 2 aromatic carbocycles. The van der Waals surface area contributed by atoms with E-state index in [0.29, 0.717) is 11.6 Å². The first kappa shape index (κ1) is 16.8. The summed E-state index contributed by atoms with van der Waals surface area (Å²) in [4.78, 5) is 17.7. The van der Waals surface area contributed by atoms with Crippen LogP contribution in [0.5, 0.6) is 11.5 Å². The number of nitrogens with one attached hydrogen (secondary N) is 1. The lowest BCUT2D eigenvalue weighted by atomic mass is 9.94. The first-order valence-electron chi connectivity index (χ1n) is 9.40. The Morgan fingerprint density at radius 3 is 2.68 bits per heavy atom. The Bertz CT molecular complexity index is 1080. The number of nitrogens with zero attached hydrogens (tertiary/aromatic N) is 1. The van der Waals surface area contributed by atoms with Gasteiger partial charge in [-0.25, -0.2) is 4.98 Å². The number of hydrogen-bond donors (Lipinski definition) is 1. The fraction of sp³-hybridized carbons (Fsp3) is 0.217. The number of aryl methyl sites for hydroxylation is 1. The second kappa shape index (κ2) is 6.37. The summed E-state index contributed by atoms with van der Waals surface area (Å²) in [5.74, 6) is 1.97. The predicted octanol–water partition coefficient (Wildman–Crippen LogP) is 4.70. The van der Waals surface area contributed by atoms with Crippen LogP contribution in [0.25, 0.3) is 11.3 Å². The molecule has 5 nitrogen and oxygen atoms in total. The van der Waals surface area contributed by atoms with Crippen molar-refractivity contribution in [3.05, 3.63) is 71.8 Å². The fourth-order valence-corrected chi connectivity index (χ4v) is 3.72. The van der Waals surface area contributed by atoms with E-state index in [-0.39, 0.29) is 14.1 Å². The Labute approximate surface area is 164 Å². The van der Waals surface area contributed by atoms with Gasteiger partial charge in [-0.15, -0.1) is 0 Å². The summed E-state index contributed by atoms with van der Waals surface area (Å²) in [5.41, 5.74) is 3.52. The van der Waals surface area contributed by atoms with Crippen LogP contribution in [-0.4, -0.2) is 17.7 Å². The molecule has 2 aliphatic rings. The summed E-state index contributed by atoms with van der Waals surface area (Å²) in [7, 11) is 0. The van der Waals surface area contributed by atoms with Gasteiger partial charge in [-0.3, -0.25) is 4.79 Å². The molecule has 0 spiro atoms. The summed E-state index contributed by atoms with van der Waals surface area (Å²) in [6.45, 7) is 2.29. The van der Waals surface area contributed by atoms with Gasteiger partial charge in [0.25, 0.3) is 0 Å². The van der Waals surface area contributed by atoms with Crippen molar-refractivity contribution >= 4 is 11.7 Å². The minimum atomic E-state index is -0.513. The zero-order valence-electron chi connectivity index (χ0n) is 15.6. The molecule has 1 aliphatic heterocycles. The van der Waals surface area contributed by atoms with Gasteiger partial charge in [0.2, 0.25) is 12.7 Å².